The highest BCUT2D eigenvalue weighted by molar-refractivity contribution is 7.93. The summed E-state index contributed by atoms with van der Waals surface area (Å²) < 4.78 is 120. The smallest absolute Gasteiger partial charge is 0.461 e. The summed E-state index contributed by atoms with van der Waals surface area (Å²) in [7, 11) is -5.37. The van der Waals surface area contributed by atoms with Crippen LogP contribution in [0.2, 0.25) is 0 Å². The minimum atomic E-state index is -6.88. The lowest BCUT2D eigenvalue weighted by atomic mass is 10.3. The Labute approximate surface area is 170 Å². The van der Waals surface area contributed by atoms with E-state index in [1.54, 1.807) is 0 Å². The van der Waals surface area contributed by atoms with E-state index in [2.05, 4.69) is 10.2 Å². The van der Waals surface area contributed by atoms with Crippen LogP contribution in [0.5, 0.6) is 11.5 Å². The maximum Gasteiger partial charge on any atom is 0.461 e. The Morgan fingerprint density at radius 1 is 0.903 bits per heavy atom. The molecule has 15 heteroatoms. The van der Waals surface area contributed by atoms with Crippen LogP contribution in [0.15, 0.2) is 52.7 Å². The van der Waals surface area contributed by atoms with Gasteiger partial charge in [-0.3, -0.25) is 4.72 Å². The first-order chi connectivity index (χ1) is 14.2. The summed E-state index contributed by atoms with van der Waals surface area (Å²) in [6, 6.07) is 8.06. The molecule has 0 unspecified atom stereocenters. The van der Waals surface area contributed by atoms with E-state index in [0.717, 1.165) is 22.9 Å². The van der Waals surface area contributed by atoms with Crippen molar-refractivity contribution in [2.45, 2.75) is 17.4 Å². The lowest BCUT2D eigenvalue weighted by Crippen LogP contribution is -2.57. The highest BCUT2D eigenvalue weighted by atomic mass is 32.2. The molecular formula is C16H12F7N3O4S. The first-order valence-corrected chi connectivity index (χ1v) is 9.35. The van der Waals surface area contributed by atoms with Crippen LogP contribution in [0.25, 0.3) is 0 Å². The number of rotatable bonds is 7. The number of ether oxygens (including phenoxy) is 1. The number of methoxy groups -OCH3 is 1. The van der Waals surface area contributed by atoms with Crippen molar-refractivity contribution < 1.29 is 49.0 Å². The fourth-order valence-corrected chi connectivity index (χ4v) is 3.10. The Morgan fingerprint density at radius 3 is 2.03 bits per heavy atom. The zero-order valence-corrected chi connectivity index (χ0v) is 16.0. The van der Waals surface area contributed by atoms with Gasteiger partial charge < -0.3 is 9.84 Å². The monoisotopic (exact) mass is 475 g/mol. The molecule has 170 valence electrons. The third kappa shape index (κ3) is 4.50. The van der Waals surface area contributed by atoms with Crippen molar-refractivity contribution in [1.82, 2.24) is 0 Å². The molecule has 0 aliphatic rings. The minimum absolute atomic E-state index is 0.0144. The maximum absolute atomic E-state index is 13.7. The van der Waals surface area contributed by atoms with Gasteiger partial charge in [0.05, 0.1) is 12.8 Å². The summed E-state index contributed by atoms with van der Waals surface area (Å²) in [5, 5.41) is 10.5. The maximum atomic E-state index is 13.7. The molecule has 2 N–H and O–H groups in total. The summed E-state index contributed by atoms with van der Waals surface area (Å²) in [6.45, 7) is 0. The molecule has 0 fully saturated rings. The predicted molar refractivity (Wildman–Crippen MR) is 93.8 cm³/mol. The number of halogens is 7. The fraction of sp³-hybridized carbons (Fsp3) is 0.250. The largest absolute Gasteiger partial charge is 0.503 e. The number of anilines is 1. The normalized spacial score (nSPS) is 13.4. The van der Waals surface area contributed by atoms with Crippen molar-refractivity contribution in [3.05, 3.63) is 42.5 Å². The number of alkyl halides is 7. The Hall–Kier alpha value is -3.10. The number of phenolic OH excluding ortho intramolecular Hbond substituents is 1. The molecule has 0 aromatic heterocycles. The molecule has 0 atom stereocenters. The second-order valence-corrected chi connectivity index (χ2v) is 7.46. The van der Waals surface area contributed by atoms with Gasteiger partial charge in [-0.05, 0) is 24.3 Å². The zero-order valence-electron chi connectivity index (χ0n) is 15.2. The van der Waals surface area contributed by atoms with E-state index in [0.29, 0.717) is 0 Å². The van der Waals surface area contributed by atoms with Crippen molar-refractivity contribution in [3.63, 3.8) is 0 Å². The summed E-state index contributed by atoms with van der Waals surface area (Å²) in [6.07, 6.45) is -6.84. The Kier molecular flexibility index (Phi) is 6.40. The van der Waals surface area contributed by atoms with Gasteiger partial charge in [0.15, 0.2) is 11.5 Å². The number of nitrogens with one attached hydrogen (secondary N) is 1. The molecular weight excluding hydrogens is 463 g/mol. The van der Waals surface area contributed by atoms with Gasteiger partial charge in [0.2, 0.25) is 0 Å². The molecule has 0 spiro atoms. The summed E-state index contributed by atoms with van der Waals surface area (Å²) in [5.74, 6) is -7.38. The zero-order chi connectivity index (χ0) is 23.7. The highest BCUT2D eigenvalue weighted by Crippen LogP contribution is 2.49. The number of aromatic hydroxyl groups is 1. The molecule has 0 aliphatic carbocycles. The molecule has 7 nitrogen and oxygen atoms in total. The second kappa shape index (κ2) is 8.20. The second-order valence-electron chi connectivity index (χ2n) is 5.74. The fourth-order valence-electron chi connectivity index (χ4n) is 2.05. The molecule has 0 amide bonds. The summed E-state index contributed by atoms with van der Waals surface area (Å²) >= 11 is 0. The van der Waals surface area contributed by atoms with E-state index in [4.69, 9.17) is 4.74 Å². The third-order valence-corrected chi connectivity index (χ3v) is 5.09. The van der Waals surface area contributed by atoms with Gasteiger partial charge in [-0.1, -0.05) is 18.2 Å². The van der Waals surface area contributed by atoms with Crippen LogP contribution >= 0.6 is 0 Å². The number of benzene rings is 2. The van der Waals surface area contributed by atoms with E-state index >= 15 is 0 Å². The van der Waals surface area contributed by atoms with Crippen LogP contribution < -0.4 is 9.46 Å². The molecule has 0 bridgehead atoms. The van der Waals surface area contributed by atoms with Crippen LogP contribution in [-0.2, 0) is 10.0 Å². The van der Waals surface area contributed by atoms with Gasteiger partial charge >= 0.3 is 27.4 Å². The van der Waals surface area contributed by atoms with Crippen molar-refractivity contribution >= 4 is 27.1 Å². The molecule has 2 aromatic rings. The Bertz CT molecular complexity index is 1090. The number of hydrogen-bond donors (Lipinski definition) is 2. The molecule has 0 saturated heterocycles. The van der Waals surface area contributed by atoms with E-state index in [-0.39, 0.29) is 11.4 Å². The van der Waals surface area contributed by atoms with Gasteiger partial charge in [-0.25, -0.2) is 0 Å². The molecule has 0 radical (unpaired) electrons. The van der Waals surface area contributed by atoms with Gasteiger partial charge in [-0.2, -0.15) is 39.2 Å². The minimum Gasteiger partial charge on any atom is -0.503 e. The van der Waals surface area contributed by atoms with Gasteiger partial charge in [0, 0.05) is 0 Å². The Balaban J connectivity index is 2.43. The molecule has 0 saturated carbocycles. The van der Waals surface area contributed by atoms with E-state index in [9.17, 15) is 44.3 Å². The summed E-state index contributed by atoms with van der Waals surface area (Å²) in [5.41, 5.74) is -1.60. The number of phenols is 1. The average Bonchev–Trinajstić information content (AvgIpc) is 2.66. The SMILES string of the molecule is COc1cccc(N=Nc2ccccc2NS(=O)(=O)C(F)(F)C(F)(F)C(F)(F)F)c1O. The van der Waals surface area contributed by atoms with Crippen LogP contribution in [-0.4, -0.2) is 38.0 Å². The van der Waals surface area contributed by atoms with Gasteiger partial charge in [-0.15, -0.1) is 10.2 Å². The summed E-state index contributed by atoms with van der Waals surface area (Å²) in [4.78, 5) is 0. The first-order valence-electron chi connectivity index (χ1n) is 7.87. The molecule has 31 heavy (non-hydrogen) atoms. The quantitative estimate of drug-likeness (QED) is 0.417. The Morgan fingerprint density at radius 2 is 1.45 bits per heavy atom. The van der Waals surface area contributed by atoms with Crippen LogP contribution in [0.4, 0.5) is 47.8 Å². The molecule has 0 heterocycles. The molecule has 2 rings (SSSR count). The van der Waals surface area contributed by atoms with E-state index in [1.807, 2.05) is 0 Å². The number of azo groups is 1. The van der Waals surface area contributed by atoms with Crippen LogP contribution in [0.3, 0.4) is 0 Å². The topological polar surface area (TPSA) is 100 Å². The van der Waals surface area contributed by atoms with Crippen LogP contribution in [0.1, 0.15) is 0 Å². The number of hydrogen-bond acceptors (Lipinski definition) is 6. The molecule has 0 aliphatic heterocycles. The van der Waals surface area contributed by atoms with Crippen molar-refractivity contribution in [2.24, 2.45) is 10.2 Å². The number of para-hydroxylation sites is 2. The lowest BCUT2D eigenvalue weighted by Gasteiger charge is -2.28. The van der Waals surface area contributed by atoms with E-state index < -0.39 is 44.5 Å². The van der Waals surface area contributed by atoms with Crippen LogP contribution in [0, 0.1) is 0 Å². The van der Waals surface area contributed by atoms with Gasteiger partial charge in [0.1, 0.15) is 11.4 Å². The van der Waals surface area contributed by atoms with Gasteiger partial charge in [0.25, 0.3) is 0 Å². The number of sulfonamides is 1. The standard InChI is InChI=1S/C16H12F7N3O4S/c1-30-12-8-4-7-11(13(12)27)25-24-9-5-2-3-6-10(9)26-31(28,29)16(22,23)14(17,18)15(19,20)21/h2-8,26-27H,1H3. The van der Waals surface area contributed by atoms with Crippen molar-refractivity contribution in [3.8, 4) is 11.5 Å². The van der Waals surface area contributed by atoms with Crippen molar-refractivity contribution in [2.75, 3.05) is 11.8 Å². The number of nitrogens with zero attached hydrogens (tertiary/aromatic N) is 2. The van der Waals surface area contributed by atoms with E-state index in [1.165, 1.54) is 31.4 Å². The first kappa shape index (κ1) is 24.2. The average molecular weight is 475 g/mol. The lowest BCUT2D eigenvalue weighted by molar-refractivity contribution is -0.332. The highest BCUT2D eigenvalue weighted by Gasteiger charge is 2.78. The molecule has 2 aromatic carbocycles. The van der Waals surface area contributed by atoms with Crippen molar-refractivity contribution in [1.29, 1.82) is 0 Å². The predicted octanol–water partition coefficient (Wildman–Crippen LogP) is 5.35. The third-order valence-electron chi connectivity index (χ3n) is 3.67.